The van der Waals surface area contributed by atoms with E-state index in [2.05, 4.69) is 4.74 Å². The van der Waals surface area contributed by atoms with Crippen LogP contribution in [-0.4, -0.2) is 48.7 Å². The predicted molar refractivity (Wildman–Crippen MR) is 45.8 cm³/mol. The molecule has 1 N–H and O–H groups in total. The highest BCUT2D eigenvalue weighted by Gasteiger charge is 2.28. The smallest absolute Gasteiger partial charge is 0.395 e. The van der Waals surface area contributed by atoms with Gasteiger partial charge in [-0.2, -0.15) is 0 Å². The first-order valence-electron chi connectivity index (χ1n) is 4.42. The summed E-state index contributed by atoms with van der Waals surface area (Å²) >= 11 is 0. The normalized spacial score (nSPS) is 12.9. The molecule has 0 radical (unpaired) electrons. The fourth-order valence-corrected chi connectivity index (χ4v) is 1.04. The van der Waals surface area contributed by atoms with E-state index in [1.807, 2.05) is 13.8 Å². The lowest BCUT2D eigenvalue weighted by atomic mass is 10.3. The lowest BCUT2D eigenvalue weighted by Gasteiger charge is -2.25. The van der Waals surface area contributed by atoms with Gasteiger partial charge in [-0.3, -0.25) is 9.64 Å². The van der Waals surface area contributed by atoms with Crippen molar-refractivity contribution in [3.63, 3.8) is 0 Å². The van der Waals surface area contributed by atoms with Crippen LogP contribution in [0.15, 0.2) is 0 Å². The summed E-state index contributed by atoms with van der Waals surface area (Å²) in [7, 11) is 0. The van der Waals surface area contributed by atoms with Gasteiger partial charge in [-0.05, 0) is 13.8 Å². The van der Waals surface area contributed by atoms with Crippen LogP contribution < -0.4 is 0 Å². The molecule has 0 atom stereocenters. The molecule has 0 aromatic carbocycles. The summed E-state index contributed by atoms with van der Waals surface area (Å²) in [6, 6.07) is 0.0963. The van der Waals surface area contributed by atoms with E-state index in [9.17, 15) is 13.2 Å². The Hall–Kier alpha value is -0.330. The lowest BCUT2D eigenvalue weighted by Crippen LogP contribution is -2.37. The third-order valence-electron chi connectivity index (χ3n) is 1.76. The number of rotatable bonds is 6. The minimum absolute atomic E-state index is 0.0653. The summed E-state index contributed by atoms with van der Waals surface area (Å²) in [6.45, 7) is 3.76. The van der Waals surface area contributed by atoms with E-state index in [-0.39, 0.29) is 19.2 Å². The third kappa shape index (κ3) is 7.11. The second-order valence-electron chi connectivity index (χ2n) is 3.15. The van der Waals surface area contributed by atoms with Gasteiger partial charge in [0.05, 0.1) is 13.2 Å². The van der Waals surface area contributed by atoms with Gasteiger partial charge < -0.3 is 5.11 Å². The largest absolute Gasteiger partial charge is 0.522 e. The molecule has 0 saturated carbocycles. The number of nitrogens with zero attached hydrogens (tertiary/aromatic N) is 1. The molecule has 0 rings (SSSR count). The summed E-state index contributed by atoms with van der Waals surface area (Å²) in [4.78, 5) is 1.71. The van der Waals surface area contributed by atoms with Gasteiger partial charge in [-0.15, -0.1) is 13.2 Å². The Kier molecular flexibility index (Phi) is 6.06. The Labute approximate surface area is 81.5 Å². The van der Waals surface area contributed by atoms with Gasteiger partial charge in [0.15, 0.2) is 0 Å². The predicted octanol–water partition coefficient (Wildman–Crippen LogP) is 1.23. The maximum atomic E-state index is 11.6. The Morgan fingerprint density at radius 3 is 2.21 bits per heavy atom. The molecule has 6 heteroatoms. The lowest BCUT2D eigenvalue weighted by molar-refractivity contribution is -0.325. The molecule has 86 valence electrons. The zero-order chi connectivity index (χ0) is 11.2. The number of hydrogen-bond donors (Lipinski definition) is 1. The second kappa shape index (κ2) is 6.21. The molecule has 0 unspecified atom stereocenters. The van der Waals surface area contributed by atoms with Gasteiger partial charge in [0.2, 0.25) is 0 Å². The molecule has 0 aromatic heterocycles. The fraction of sp³-hybridized carbons (Fsp3) is 1.00. The first-order chi connectivity index (χ1) is 6.37. The summed E-state index contributed by atoms with van der Waals surface area (Å²) in [5.74, 6) is 0. The molecular weight excluding hydrogens is 199 g/mol. The number of ether oxygens (including phenoxy) is 1. The van der Waals surface area contributed by atoms with E-state index in [1.54, 1.807) is 4.90 Å². The highest BCUT2D eigenvalue weighted by atomic mass is 19.4. The van der Waals surface area contributed by atoms with Crippen molar-refractivity contribution in [1.29, 1.82) is 0 Å². The fourth-order valence-electron chi connectivity index (χ4n) is 1.04. The highest BCUT2D eigenvalue weighted by Crippen LogP contribution is 2.15. The maximum absolute atomic E-state index is 11.6. The molecule has 0 aliphatic carbocycles. The zero-order valence-electron chi connectivity index (χ0n) is 8.34. The Morgan fingerprint density at radius 2 is 1.86 bits per heavy atom. The van der Waals surface area contributed by atoms with Crippen molar-refractivity contribution in [2.75, 3.05) is 26.3 Å². The van der Waals surface area contributed by atoms with Gasteiger partial charge in [-0.1, -0.05) is 0 Å². The molecule has 0 aliphatic heterocycles. The molecule has 0 amide bonds. The van der Waals surface area contributed by atoms with Crippen molar-refractivity contribution in [3.8, 4) is 0 Å². The van der Waals surface area contributed by atoms with E-state index in [4.69, 9.17) is 5.11 Å². The molecule has 0 heterocycles. The first kappa shape index (κ1) is 13.7. The van der Waals surface area contributed by atoms with Crippen LogP contribution in [0.5, 0.6) is 0 Å². The molecular formula is C8H16F3NO2. The summed E-state index contributed by atoms with van der Waals surface area (Å²) < 4.78 is 38.4. The van der Waals surface area contributed by atoms with Crippen molar-refractivity contribution < 1.29 is 23.0 Å². The minimum atomic E-state index is -4.57. The van der Waals surface area contributed by atoms with Gasteiger partial charge >= 0.3 is 6.36 Å². The highest BCUT2D eigenvalue weighted by molar-refractivity contribution is 4.61. The molecule has 0 bridgehead atoms. The molecule has 0 spiro atoms. The Balaban J connectivity index is 3.72. The van der Waals surface area contributed by atoms with Gasteiger partial charge in [-0.25, -0.2) is 0 Å². The van der Waals surface area contributed by atoms with Crippen LogP contribution in [0.1, 0.15) is 13.8 Å². The Morgan fingerprint density at radius 1 is 1.29 bits per heavy atom. The topological polar surface area (TPSA) is 32.7 Å². The number of hydrogen-bond acceptors (Lipinski definition) is 3. The van der Waals surface area contributed by atoms with Crippen molar-refractivity contribution in [2.45, 2.75) is 26.3 Å². The average Bonchev–Trinajstić information content (AvgIpc) is 2.00. The van der Waals surface area contributed by atoms with E-state index in [0.29, 0.717) is 6.54 Å². The van der Waals surface area contributed by atoms with Gasteiger partial charge in [0, 0.05) is 19.1 Å². The van der Waals surface area contributed by atoms with E-state index < -0.39 is 13.0 Å². The van der Waals surface area contributed by atoms with Crippen molar-refractivity contribution >= 4 is 0 Å². The van der Waals surface area contributed by atoms with Crippen LogP contribution >= 0.6 is 0 Å². The number of aliphatic hydroxyl groups excluding tert-OH is 1. The molecule has 0 aliphatic rings. The summed E-state index contributed by atoms with van der Waals surface area (Å²) in [5, 5.41) is 8.64. The zero-order valence-corrected chi connectivity index (χ0v) is 8.34. The van der Waals surface area contributed by atoms with E-state index >= 15 is 0 Å². The SMILES string of the molecule is CC(C)N(CCO)CCOC(F)(F)F. The monoisotopic (exact) mass is 215 g/mol. The van der Waals surface area contributed by atoms with Crippen LogP contribution in [0.2, 0.25) is 0 Å². The van der Waals surface area contributed by atoms with Crippen molar-refractivity contribution in [3.05, 3.63) is 0 Å². The van der Waals surface area contributed by atoms with Crippen LogP contribution in [-0.2, 0) is 4.74 Å². The van der Waals surface area contributed by atoms with Gasteiger partial charge in [0.1, 0.15) is 0 Å². The molecule has 14 heavy (non-hydrogen) atoms. The number of alkyl halides is 3. The van der Waals surface area contributed by atoms with E-state index in [1.165, 1.54) is 0 Å². The maximum Gasteiger partial charge on any atom is 0.522 e. The van der Waals surface area contributed by atoms with Gasteiger partial charge in [0.25, 0.3) is 0 Å². The van der Waals surface area contributed by atoms with Crippen molar-refractivity contribution in [1.82, 2.24) is 4.90 Å². The number of halogens is 3. The molecule has 0 aromatic rings. The van der Waals surface area contributed by atoms with E-state index in [0.717, 1.165) is 0 Å². The standard InChI is InChI=1S/C8H16F3NO2/c1-7(2)12(3-5-13)4-6-14-8(9,10)11/h7,13H,3-6H2,1-2H3. The van der Waals surface area contributed by atoms with Crippen LogP contribution in [0.25, 0.3) is 0 Å². The average molecular weight is 215 g/mol. The first-order valence-corrected chi connectivity index (χ1v) is 4.42. The molecule has 0 fully saturated rings. The van der Waals surface area contributed by atoms with Crippen LogP contribution in [0.3, 0.4) is 0 Å². The summed E-state index contributed by atoms with van der Waals surface area (Å²) in [5.41, 5.74) is 0. The number of aliphatic hydroxyl groups is 1. The van der Waals surface area contributed by atoms with Crippen LogP contribution in [0, 0.1) is 0 Å². The molecule has 0 saturated heterocycles. The minimum Gasteiger partial charge on any atom is -0.395 e. The van der Waals surface area contributed by atoms with Crippen LogP contribution in [0.4, 0.5) is 13.2 Å². The summed E-state index contributed by atoms with van der Waals surface area (Å²) in [6.07, 6.45) is -4.57. The van der Waals surface area contributed by atoms with Crippen molar-refractivity contribution in [2.24, 2.45) is 0 Å². The quantitative estimate of drug-likeness (QED) is 0.723. The second-order valence-corrected chi connectivity index (χ2v) is 3.15. The molecule has 3 nitrogen and oxygen atoms in total. The third-order valence-corrected chi connectivity index (χ3v) is 1.76. The Bertz CT molecular complexity index is 150.